The number of carbonyl (C=O) groups excluding carboxylic acids is 1. The molecule has 11 heteroatoms. The van der Waals surface area contributed by atoms with Crippen LogP contribution in [0.15, 0.2) is 41.3 Å². The number of carbonyl (C=O) groups is 1. The van der Waals surface area contributed by atoms with Crippen molar-refractivity contribution in [1.82, 2.24) is 9.62 Å². The van der Waals surface area contributed by atoms with Gasteiger partial charge in [-0.3, -0.25) is 4.79 Å². The third kappa shape index (κ3) is 5.37. The number of nitrogens with one attached hydrogen (secondary N) is 2. The lowest BCUT2D eigenvalue weighted by Gasteiger charge is -2.27. The number of nitrogens with zero attached hydrogens (tertiary/aromatic N) is 1. The summed E-state index contributed by atoms with van der Waals surface area (Å²) in [5.41, 5.74) is 1.38. The van der Waals surface area contributed by atoms with Gasteiger partial charge < -0.3 is 29.6 Å². The fourth-order valence-corrected chi connectivity index (χ4v) is 5.27. The lowest BCUT2D eigenvalue weighted by Crippen LogP contribution is -2.40. The molecule has 2 aliphatic rings. The zero-order chi connectivity index (χ0) is 24.1. The van der Waals surface area contributed by atoms with E-state index in [1.54, 1.807) is 26.0 Å². The molecule has 1 amide bonds. The van der Waals surface area contributed by atoms with Crippen molar-refractivity contribution in [3.05, 3.63) is 42.0 Å². The lowest BCUT2D eigenvalue weighted by atomic mass is 10.2. The largest absolute Gasteiger partial charge is 0.492 e. The maximum absolute atomic E-state index is 13.3. The molecule has 2 N–H and O–H groups in total. The van der Waals surface area contributed by atoms with Crippen molar-refractivity contribution in [2.75, 3.05) is 45.0 Å². The summed E-state index contributed by atoms with van der Waals surface area (Å²) >= 11 is 0. The number of hydrogen-bond donors (Lipinski definition) is 2. The number of rotatable bonds is 9. The van der Waals surface area contributed by atoms with Gasteiger partial charge in [-0.2, -0.15) is 4.31 Å². The van der Waals surface area contributed by atoms with E-state index in [4.69, 9.17) is 18.9 Å². The van der Waals surface area contributed by atoms with Gasteiger partial charge in [0.1, 0.15) is 16.7 Å². The van der Waals surface area contributed by atoms with Gasteiger partial charge in [-0.05, 0) is 49.7 Å². The molecule has 4 rings (SSSR count). The van der Waals surface area contributed by atoms with Crippen LogP contribution in [0.3, 0.4) is 0 Å². The van der Waals surface area contributed by atoms with Crippen molar-refractivity contribution in [2.24, 2.45) is 0 Å². The van der Waals surface area contributed by atoms with Crippen LogP contribution in [0.1, 0.15) is 19.4 Å². The highest BCUT2D eigenvalue weighted by Crippen LogP contribution is 2.33. The summed E-state index contributed by atoms with van der Waals surface area (Å²) in [6, 6.07) is 9.71. The van der Waals surface area contributed by atoms with E-state index in [1.165, 1.54) is 10.4 Å². The first-order valence-corrected chi connectivity index (χ1v) is 12.6. The molecule has 0 aliphatic carbocycles. The molecule has 1 atom stereocenters. The smallest absolute Gasteiger partial charge is 0.246 e. The fourth-order valence-electron chi connectivity index (χ4n) is 3.71. The molecule has 1 fully saturated rings. The molecular weight excluding hydrogens is 462 g/mol. The van der Waals surface area contributed by atoms with Crippen LogP contribution in [0.4, 0.5) is 5.69 Å². The Labute approximate surface area is 199 Å². The maximum atomic E-state index is 13.3. The average Bonchev–Trinajstić information content (AvgIpc) is 3.32. The van der Waals surface area contributed by atoms with Gasteiger partial charge in [0.2, 0.25) is 22.7 Å². The number of ether oxygens (including phenoxy) is 4. The first-order valence-electron chi connectivity index (χ1n) is 11.2. The fraction of sp³-hybridized carbons (Fsp3) is 0.435. The van der Waals surface area contributed by atoms with E-state index in [9.17, 15) is 13.2 Å². The number of sulfonamides is 1. The van der Waals surface area contributed by atoms with Crippen LogP contribution in [0.25, 0.3) is 0 Å². The van der Waals surface area contributed by atoms with Gasteiger partial charge >= 0.3 is 0 Å². The van der Waals surface area contributed by atoms with E-state index in [2.05, 4.69) is 10.6 Å². The minimum Gasteiger partial charge on any atom is -0.492 e. The third-order valence-corrected chi connectivity index (χ3v) is 7.43. The van der Waals surface area contributed by atoms with Crippen molar-refractivity contribution in [3.63, 3.8) is 0 Å². The molecule has 2 heterocycles. The van der Waals surface area contributed by atoms with Gasteiger partial charge in [0.05, 0.1) is 19.8 Å². The summed E-state index contributed by atoms with van der Waals surface area (Å²) in [6.07, 6.45) is 0. The second-order valence-corrected chi connectivity index (χ2v) is 9.79. The molecule has 2 aromatic carbocycles. The van der Waals surface area contributed by atoms with Crippen molar-refractivity contribution < 1.29 is 32.2 Å². The molecule has 1 saturated heterocycles. The first kappa shape index (κ1) is 24.1. The van der Waals surface area contributed by atoms with Crippen molar-refractivity contribution in [1.29, 1.82) is 0 Å². The maximum Gasteiger partial charge on any atom is 0.246 e. The average molecular weight is 492 g/mol. The minimum atomic E-state index is -3.78. The molecule has 2 aliphatic heterocycles. The van der Waals surface area contributed by atoms with E-state index >= 15 is 0 Å². The van der Waals surface area contributed by atoms with E-state index in [1.807, 2.05) is 18.2 Å². The Morgan fingerprint density at radius 2 is 1.88 bits per heavy atom. The summed E-state index contributed by atoms with van der Waals surface area (Å²) in [4.78, 5) is 12.7. The SMILES string of the molecule is CCOc1ccc(NC(C)C(=O)NCc2ccc3c(c2)OCO3)cc1S(=O)(=O)N1CCOCC1. The molecule has 2 aromatic rings. The van der Waals surface area contributed by atoms with Crippen LogP contribution < -0.4 is 24.8 Å². The summed E-state index contributed by atoms with van der Waals surface area (Å²) < 4.78 is 49.4. The summed E-state index contributed by atoms with van der Waals surface area (Å²) in [5.74, 6) is 1.38. The van der Waals surface area contributed by atoms with Crippen molar-refractivity contribution in [2.45, 2.75) is 31.3 Å². The number of amides is 1. The van der Waals surface area contributed by atoms with E-state index < -0.39 is 16.1 Å². The lowest BCUT2D eigenvalue weighted by molar-refractivity contribution is -0.121. The van der Waals surface area contributed by atoms with Crippen LogP contribution >= 0.6 is 0 Å². The Morgan fingerprint density at radius 1 is 1.12 bits per heavy atom. The number of benzene rings is 2. The number of hydrogen-bond acceptors (Lipinski definition) is 8. The molecule has 1 unspecified atom stereocenters. The molecule has 0 aromatic heterocycles. The van der Waals surface area contributed by atoms with Crippen molar-refractivity contribution in [3.8, 4) is 17.2 Å². The van der Waals surface area contributed by atoms with Gasteiger partial charge in [0.25, 0.3) is 0 Å². The Bertz CT molecular complexity index is 1130. The third-order valence-electron chi connectivity index (χ3n) is 5.51. The van der Waals surface area contributed by atoms with Gasteiger partial charge in [0, 0.05) is 25.3 Å². The quantitative estimate of drug-likeness (QED) is 0.547. The number of fused-ring (bicyclic) bond motifs is 1. The molecule has 0 radical (unpaired) electrons. The highest BCUT2D eigenvalue weighted by Gasteiger charge is 2.30. The zero-order valence-corrected chi connectivity index (χ0v) is 20.0. The normalized spacial score (nSPS) is 16.6. The summed E-state index contributed by atoms with van der Waals surface area (Å²) in [6.45, 7) is 5.61. The van der Waals surface area contributed by atoms with E-state index in [-0.39, 0.29) is 36.4 Å². The molecule has 184 valence electrons. The minimum absolute atomic E-state index is 0.0641. The zero-order valence-electron chi connectivity index (χ0n) is 19.2. The molecule has 0 saturated carbocycles. The molecular formula is C23H29N3O7S. The monoisotopic (exact) mass is 491 g/mol. The predicted octanol–water partition coefficient (Wildman–Crippen LogP) is 1.95. The Hall–Kier alpha value is -3.02. The standard InChI is InChI=1S/C23H29N3O7S/c1-3-31-20-7-5-18(13-22(20)34(28,29)26-8-10-30-11-9-26)25-16(2)23(27)24-14-17-4-6-19-21(12-17)33-15-32-19/h4-7,12-13,16,25H,3,8-11,14-15H2,1-2H3,(H,24,27). The molecule has 0 spiro atoms. The van der Waals surface area contributed by atoms with Crippen LogP contribution in [-0.4, -0.2) is 64.4 Å². The van der Waals surface area contributed by atoms with Gasteiger partial charge in [-0.25, -0.2) is 8.42 Å². The van der Waals surface area contributed by atoms with Gasteiger partial charge in [0.15, 0.2) is 11.5 Å². The highest BCUT2D eigenvalue weighted by molar-refractivity contribution is 7.89. The summed E-state index contributed by atoms with van der Waals surface area (Å²) in [7, 11) is -3.78. The molecule has 10 nitrogen and oxygen atoms in total. The summed E-state index contributed by atoms with van der Waals surface area (Å²) in [5, 5.41) is 5.96. The van der Waals surface area contributed by atoms with E-state index in [0.29, 0.717) is 43.6 Å². The first-order chi connectivity index (χ1) is 16.4. The Balaban J connectivity index is 1.44. The van der Waals surface area contributed by atoms with Crippen LogP contribution in [0.5, 0.6) is 17.2 Å². The second kappa shape index (κ2) is 10.5. The van der Waals surface area contributed by atoms with Crippen molar-refractivity contribution >= 4 is 21.6 Å². The van der Waals surface area contributed by atoms with Gasteiger partial charge in [-0.1, -0.05) is 6.07 Å². The van der Waals surface area contributed by atoms with Crippen LogP contribution in [0, 0.1) is 0 Å². The molecule has 34 heavy (non-hydrogen) atoms. The van der Waals surface area contributed by atoms with Crippen LogP contribution in [-0.2, 0) is 26.1 Å². The topological polar surface area (TPSA) is 115 Å². The second-order valence-electron chi connectivity index (χ2n) is 7.88. The van der Waals surface area contributed by atoms with E-state index in [0.717, 1.165) is 5.56 Å². The van der Waals surface area contributed by atoms with Crippen LogP contribution in [0.2, 0.25) is 0 Å². The Morgan fingerprint density at radius 3 is 2.65 bits per heavy atom. The number of anilines is 1. The predicted molar refractivity (Wildman–Crippen MR) is 125 cm³/mol. The van der Waals surface area contributed by atoms with Gasteiger partial charge in [-0.15, -0.1) is 0 Å². The Kier molecular flexibility index (Phi) is 7.44. The number of morpholine rings is 1. The highest BCUT2D eigenvalue weighted by atomic mass is 32.2. The molecule has 0 bridgehead atoms.